The monoisotopic (exact) mass is 839 g/mol. The molecule has 0 amide bonds. The fourth-order valence-corrected chi connectivity index (χ4v) is 8.23. The SMILES string of the molecule is Cn1cc(-n2ncc3ccc(O[C@H]4CCCc5cc(C#[N+]Cn6cc(-n7ncc8ccc(O[C@@H]9CCCc%10cc(C#N)c(C(F)F)nc%109)cc87)cn6)c(C(F)F)nc54)cc32)cn1. The lowest BCUT2D eigenvalue weighted by molar-refractivity contribution is 0.141. The minimum Gasteiger partial charge on any atom is -0.484 e. The van der Waals surface area contributed by atoms with Crippen molar-refractivity contribution in [3.8, 4) is 35.0 Å². The number of nitriles is 1. The van der Waals surface area contributed by atoms with Crippen LogP contribution in [0.4, 0.5) is 17.6 Å². The minimum absolute atomic E-state index is 0.0145. The van der Waals surface area contributed by atoms with Crippen molar-refractivity contribution in [1.29, 1.82) is 5.26 Å². The Balaban J connectivity index is 0.859. The van der Waals surface area contributed by atoms with Gasteiger partial charge in [0.05, 0.1) is 65.2 Å². The summed E-state index contributed by atoms with van der Waals surface area (Å²) in [5.74, 6) is 1.06. The van der Waals surface area contributed by atoms with Crippen molar-refractivity contribution in [3.63, 3.8) is 0 Å². The molecule has 18 heteroatoms. The van der Waals surface area contributed by atoms with Gasteiger partial charge in [-0.3, -0.25) is 4.68 Å². The second kappa shape index (κ2) is 15.8. The first-order chi connectivity index (χ1) is 30.2. The number of rotatable bonds is 9. The summed E-state index contributed by atoms with van der Waals surface area (Å²) >= 11 is 0. The van der Waals surface area contributed by atoms with E-state index in [1.807, 2.05) is 43.6 Å². The Morgan fingerprint density at radius 1 is 0.710 bits per heavy atom. The van der Waals surface area contributed by atoms with E-state index >= 15 is 0 Å². The Labute approximate surface area is 350 Å². The van der Waals surface area contributed by atoms with E-state index in [1.165, 1.54) is 10.7 Å². The summed E-state index contributed by atoms with van der Waals surface area (Å²) in [6.07, 6.45) is 7.48. The zero-order valence-electron chi connectivity index (χ0n) is 33.0. The van der Waals surface area contributed by atoms with Gasteiger partial charge >= 0.3 is 12.7 Å². The van der Waals surface area contributed by atoms with Gasteiger partial charge in [-0.15, -0.1) is 0 Å². The smallest absolute Gasteiger partial charge is 0.357 e. The van der Waals surface area contributed by atoms with Crippen molar-refractivity contribution in [3.05, 3.63) is 136 Å². The first-order valence-electron chi connectivity index (χ1n) is 20.0. The quantitative estimate of drug-likeness (QED) is 0.130. The van der Waals surface area contributed by atoms with Gasteiger partial charge < -0.3 is 9.47 Å². The molecule has 0 saturated heterocycles. The Kier molecular flexibility index (Phi) is 9.82. The molecular weight excluding hydrogens is 805 g/mol. The van der Waals surface area contributed by atoms with Gasteiger partial charge in [-0.05, 0) is 86.1 Å². The predicted molar refractivity (Wildman–Crippen MR) is 217 cm³/mol. The molecule has 0 fully saturated rings. The Morgan fingerprint density at radius 2 is 1.26 bits per heavy atom. The number of pyridine rings is 2. The van der Waals surface area contributed by atoms with Gasteiger partial charge in [0.2, 0.25) is 0 Å². The van der Waals surface area contributed by atoms with Gasteiger partial charge in [0.15, 0.2) is 0 Å². The van der Waals surface area contributed by atoms with Gasteiger partial charge in [0.25, 0.3) is 12.9 Å². The van der Waals surface area contributed by atoms with E-state index in [4.69, 9.17) is 9.47 Å². The molecule has 8 aromatic rings. The molecule has 310 valence electrons. The van der Waals surface area contributed by atoms with E-state index < -0.39 is 36.4 Å². The zero-order chi connectivity index (χ0) is 42.5. The highest BCUT2D eigenvalue weighted by molar-refractivity contribution is 5.82. The second-order valence-electron chi connectivity index (χ2n) is 15.2. The van der Waals surface area contributed by atoms with E-state index in [2.05, 4.69) is 41.3 Å². The average Bonchev–Trinajstić information content (AvgIpc) is 4.10. The van der Waals surface area contributed by atoms with Crippen LogP contribution in [0.3, 0.4) is 0 Å². The lowest BCUT2D eigenvalue weighted by Crippen LogP contribution is -2.19. The van der Waals surface area contributed by atoms with Gasteiger partial charge in [-0.1, -0.05) is 4.85 Å². The topological polar surface area (TPSA) is 144 Å². The first kappa shape index (κ1) is 38.6. The van der Waals surface area contributed by atoms with Crippen LogP contribution < -0.4 is 9.47 Å². The van der Waals surface area contributed by atoms with Gasteiger partial charge in [0, 0.05) is 30.0 Å². The van der Waals surface area contributed by atoms with Crippen LogP contribution in [-0.2, 0) is 26.6 Å². The third-order valence-electron chi connectivity index (χ3n) is 11.2. The highest BCUT2D eigenvalue weighted by atomic mass is 19.3. The standard InChI is InChI=1S/C44H35F4N12O2/c1-57-22-31(20-51-57)59-35-14-33(10-8-27(35)18-53-59)62-38-7-3-5-26-13-30(42(44(47)48)56-40(26)38)17-50-24-58-23-32(21-52-58)60-36-15-34(11-9-28(36)19-54-60)61-37-6-2-4-25-12-29(16-49)41(43(45)46)55-39(25)37/h8-15,18-23,37-38,43-44H,2-7,24H2,1H3/q+1/t37-,38+/m1/s1. The largest absolute Gasteiger partial charge is 0.484 e. The fourth-order valence-electron chi connectivity index (χ4n) is 8.23. The summed E-state index contributed by atoms with van der Waals surface area (Å²) in [7, 11) is 1.83. The highest BCUT2D eigenvalue weighted by Crippen LogP contribution is 2.38. The van der Waals surface area contributed by atoms with E-state index in [0.717, 1.165) is 45.9 Å². The van der Waals surface area contributed by atoms with Crippen LogP contribution in [0.25, 0.3) is 38.0 Å². The molecule has 6 heterocycles. The molecule has 0 N–H and O–H groups in total. The molecule has 10 rings (SSSR count). The molecule has 6 aromatic heterocycles. The Bertz CT molecular complexity index is 3110. The lowest BCUT2D eigenvalue weighted by atomic mass is 9.92. The molecule has 0 spiro atoms. The molecule has 0 bridgehead atoms. The number of nitrogens with zero attached hydrogens (tertiary/aromatic N) is 12. The summed E-state index contributed by atoms with van der Waals surface area (Å²) < 4.78 is 76.1. The van der Waals surface area contributed by atoms with Crippen LogP contribution in [0.15, 0.2) is 85.7 Å². The maximum Gasteiger partial charge on any atom is 0.357 e. The number of aryl methyl sites for hydroxylation is 3. The molecule has 2 atom stereocenters. The fraction of sp³-hybridized carbons (Fsp3) is 0.273. The third-order valence-corrected chi connectivity index (χ3v) is 11.2. The van der Waals surface area contributed by atoms with Crippen molar-refractivity contribution in [2.45, 2.75) is 70.3 Å². The van der Waals surface area contributed by atoms with Gasteiger partial charge in [-0.2, -0.15) is 30.3 Å². The molecular formula is C44H35F4N12O2+. The summed E-state index contributed by atoms with van der Waals surface area (Å²) in [5, 5.41) is 28.8. The van der Waals surface area contributed by atoms with Crippen molar-refractivity contribution in [2.75, 3.05) is 0 Å². The summed E-state index contributed by atoms with van der Waals surface area (Å²) in [6, 6.07) is 18.9. The number of halogens is 4. The maximum absolute atomic E-state index is 14.6. The zero-order valence-corrected chi connectivity index (χ0v) is 33.0. The van der Waals surface area contributed by atoms with Crippen molar-refractivity contribution >= 4 is 21.8 Å². The maximum atomic E-state index is 14.6. The van der Waals surface area contributed by atoms with E-state index in [9.17, 15) is 22.8 Å². The number of aromatic nitrogens is 10. The number of benzene rings is 2. The lowest BCUT2D eigenvalue weighted by Gasteiger charge is -2.26. The van der Waals surface area contributed by atoms with Crippen LogP contribution in [0, 0.1) is 17.4 Å². The molecule has 0 saturated carbocycles. The van der Waals surface area contributed by atoms with Crippen molar-refractivity contribution < 1.29 is 27.0 Å². The summed E-state index contributed by atoms with van der Waals surface area (Å²) in [5.41, 5.74) is 4.36. The van der Waals surface area contributed by atoms with Crippen molar-refractivity contribution in [1.82, 2.24) is 49.1 Å². The van der Waals surface area contributed by atoms with E-state index in [1.54, 1.807) is 63.2 Å². The summed E-state index contributed by atoms with van der Waals surface area (Å²) in [6.45, 7) is -0.0145. The number of hydrogen-bond acceptors (Lipinski definition) is 9. The van der Waals surface area contributed by atoms with Crippen LogP contribution in [-0.4, -0.2) is 49.1 Å². The molecule has 0 unspecified atom stereocenters. The molecule has 0 aliphatic heterocycles. The highest BCUT2D eigenvalue weighted by Gasteiger charge is 2.30. The minimum atomic E-state index is -2.89. The molecule has 14 nitrogen and oxygen atoms in total. The molecule has 0 radical (unpaired) electrons. The normalized spacial score (nSPS) is 16.0. The van der Waals surface area contributed by atoms with E-state index in [0.29, 0.717) is 59.8 Å². The Hall–Kier alpha value is -7.60. The summed E-state index contributed by atoms with van der Waals surface area (Å²) in [4.78, 5) is 13.0. The number of ether oxygens (including phenoxy) is 2. The number of alkyl halides is 4. The Morgan fingerprint density at radius 3 is 1.81 bits per heavy atom. The van der Waals surface area contributed by atoms with Crippen LogP contribution in [0.2, 0.25) is 0 Å². The number of hydrogen-bond donors (Lipinski definition) is 0. The second-order valence-corrected chi connectivity index (χ2v) is 15.2. The van der Waals surface area contributed by atoms with Crippen LogP contribution in [0.5, 0.6) is 11.5 Å². The van der Waals surface area contributed by atoms with E-state index in [-0.39, 0.29) is 17.8 Å². The van der Waals surface area contributed by atoms with Gasteiger partial charge in [-0.25, -0.2) is 36.9 Å². The molecule has 2 aliphatic rings. The molecule has 2 aliphatic carbocycles. The van der Waals surface area contributed by atoms with Gasteiger partial charge in [0.1, 0.15) is 58.1 Å². The molecule has 2 aromatic carbocycles. The average molecular weight is 840 g/mol. The van der Waals surface area contributed by atoms with Crippen molar-refractivity contribution in [2.24, 2.45) is 7.05 Å². The third kappa shape index (κ3) is 7.23. The predicted octanol–water partition coefficient (Wildman–Crippen LogP) is 9.08. The van der Waals surface area contributed by atoms with Crippen LogP contribution in [0.1, 0.15) is 95.8 Å². The number of fused-ring (bicyclic) bond motifs is 4. The first-order valence-corrected chi connectivity index (χ1v) is 20.0. The molecule has 62 heavy (non-hydrogen) atoms. The van der Waals surface area contributed by atoms with Crippen LogP contribution >= 0.6 is 0 Å².